The van der Waals surface area contributed by atoms with Crippen molar-refractivity contribution >= 4 is 62.3 Å². The number of guanidine groups is 1. The van der Waals surface area contributed by atoms with Crippen LogP contribution in [-0.2, 0) is 51.6 Å². The van der Waals surface area contributed by atoms with Gasteiger partial charge in [-0.1, -0.05) is 80.1 Å². The SMILES string of the molecule is Cc1ccc(S(=O)(=O)N[C@@H](Cc2ccc(O)cc2)C(=O)NC2CNC(=O)[C@H](CCCN=C(N)N)NC(=O)[C@H](Cc3c[nH]c4ccccc34)NC(=O)[C@@H](CC3CCCCC3)NC(=O)C3CCCN3C2=O)cc1. The minimum atomic E-state index is -4.34. The van der Waals surface area contributed by atoms with E-state index in [1.807, 2.05) is 24.3 Å². The highest BCUT2D eigenvalue weighted by molar-refractivity contribution is 7.89. The molecular formula is C50H65N11O9S. The third kappa shape index (κ3) is 13.9. The van der Waals surface area contributed by atoms with Gasteiger partial charge in [0.2, 0.25) is 45.5 Å². The number of benzene rings is 3. The van der Waals surface area contributed by atoms with E-state index in [1.165, 1.54) is 41.3 Å². The van der Waals surface area contributed by atoms with Crippen LogP contribution in [0.25, 0.3) is 10.9 Å². The Morgan fingerprint density at radius 1 is 0.831 bits per heavy atom. The fourth-order valence-electron chi connectivity index (χ4n) is 9.63. The Balaban J connectivity index is 1.24. The zero-order valence-corrected chi connectivity index (χ0v) is 40.6. The van der Waals surface area contributed by atoms with Crippen LogP contribution in [0.1, 0.15) is 80.9 Å². The second kappa shape index (κ2) is 23.7. The summed E-state index contributed by atoms with van der Waals surface area (Å²) in [5, 5.41) is 24.9. The van der Waals surface area contributed by atoms with E-state index in [-0.39, 0.29) is 74.1 Å². The number of nitrogens with zero attached hydrogens (tertiary/aromatic N) is 2. The minimum Gasteiger partial charge on any atom is -0.508 e. The van der Waals surface area contributed by atoms with Crippen molar-refractivity contribution in [3.05, 3.63) is 95.7 Å². The third-order valence-corrected chi connectivity index (χ3v) is 15.0. The molecule has 2 unspecified atom stereocenters. The minimum absolute atomic E-state index is 0.0110. The molecule has 20 nitrogen and oxygen atoms in total. The second-order valence-corrected chi connectivity index (χ2v) is 20.5. The van der Waals surface area contributed by atoms with Gasteiger partial charge in [-0.15, -0.1) is 0 Å². The summed E-state index contributed by atoms with van der Waals surface area (Å²) in [5.74, 6) is -4.43. The van der Waals surface area contributed by atoms with Crippen LogP contribution in [0.5, 0.6) is 5.75 Å². The Bertz CT molecular complexity index is 2680. The number of aliphatic imine (C=N–C) groups is 1. The number of para-hydroxylation sites is 1. The number of sulfonamides is 1. The lowest BCUT2D eigenvalue weighted by Gasteiger charge is -2.33. The maximum Gasteiger partial charge on any atom is 0.247 e. The average molecular weight is 996 g/mol. The van der Waals surface area contributed by atoms with Gasteiger partial charge in [0.05, 0.1) is 4.90 Å². The number of aromatic hydroxyl groups is 1. The first-order chi connectivity index (χ1) is 34.0. The molecule has 2 saturated heterocycles. The molecule has 0 spiro atoms. The van der Waals surface area contributed by atoms with Crippen molar-refractivity contribution in [1.82, 2.24) is 41.2 Å². The standard InChI is InChI=1S/C50H65N11O9S/c1-30-15-21-35(22-16-30)71(69,70)60-41(26-32-17-19-34(62)20-18-32)47(66)59-42-29-55-44(63)38(13-7-23-53-50(51)52)56-46(65)40(27-33-28-54-37-12-6-5-11-36(33)37)57-45(64)39(25-31-9-3-2-4-10-31)58-48(67)43-14-8-24-61(43)49(42)68/h5-6,11-12,15-22,28,31,38-43,54,60,62H,2-4,7-10,13-14,23-27,29H2,1H3,(H,55,63)(H,56,65)(H,57,64)(H,58,67)(H,59,66)(H4,51,52,53)/t38-,39+,40-,41-,42?,43?/m0/s1. The first kappa shape index (κ1) is 51.8. The third-order valence-electron chi connectivity index (χ3n) is 13.5. The highest BCUT2D eigenvalue weighted by Gasteiger charge is 2.41. The van der Waals surface area contributed by atoms with Crippen molar-refractivity contribution in [2.75, 3.05) is 19.6 Å². The Kier molecular flexibility index (Phi) is 17.3. The number of phenolic OH excluding ortho intramolecular Hbond substituents is 1. The number of rotatable bonds is 15. The molecule has 3 aromatic carbocycles. The maximum absolute atomic E-state index is 14.8. The van der Waals surface area contributed by atoms with Gasteiger partial charge < -0.3 is 53.0 Å². The molecule has 1 aromatic heterocycles. The molecule has 12 N–H and O–H groups in total. The van der Waals surface area contributed by atoms with Crippen LogP contribution >= 0.6 is 0 Å². The number of fused-ring (bicyclic) bond motifs is 2. The number of aromatic amines is 1. The van der Waals surface area contributed by atoms with Gasteiger partial charge in [-0.2, -0.15) is 4.72 Å². The molecule has 380 valence electrons. The summed E-state index contributed by atoms with van der Waals surface area (Å²) < 4.78 is 30.1. The van der Waals surface area contributed by atoms with E-state index in [9.17, 15) is 42.3 Å². The van der Waals surface area contributed by atoms with Crippen LogP contribution in [0.3, 0.4) is 0 Å². The molecule has 6 amide bonds. The molecule has 3 fully saturated rings. The zero-order valence-electron chi connectivity index (χ0n) is 39.8. The summed E-state index contributed by atoms with van der Waals surface area (Å²) in [6, 6.07) is 11.6. The van der Waals surface area contributed by atoms with E-state index in [4.69, 9.17) is 11.5 Å². The summed E-state index contributed by atoms with van der Waals surface area (Å²) in [6.07, 6.45) is 7.39. The summed E-state index contributed by atoms with van der Waals surface area (Å²) in [5.41, 5.74) is 14.0. The fraction of sp³-hybridized carbons (Fsp3) is 0.460. The Morgan fingerprint density at radius 2 is 1.52 bits per heavy atom. The monoisotopic (exact) mass is 995 g/mol. The molecule has 71 heavy (non-hydrogen) atoms. The van der Waals surface area contributed by atoms with E-state index in [1.54, 1.807) is 25.3 Å². The molecule has 3 aliphatic rings. The second-order valence-electron chi connectivity index (χ2n) is 18.8. The van der Waals surface area contributed by atoms with E-state index in [0.717, 1.165) is 54.1 Å². The Morgan fingerprint density at radius 3 is 2.25 bits per heavy atom. The topological polar surface area (TPSA) is 312 Å². The maximum atomic E-state index is 14.8. The smallest absolute Gasteiger partial charge is 0.247 e. The van der Waals surface area contributed by atoms with Gasteiger partial charge in [-0.05, 0) is 92.8 Å². The number of aromatic nitrogens is 1. The number of phenols is 1. The van der Waals surface area contributed by atoms with E-state index in [0.29, 0.717) is 12.0 Å². The number of nitrogens with one attached hydrogen (secondary N) is 7. The molecule has 0 radical (unpaired) electrons. The van der Waals surface area contributed by atoms with E-state index in [2.05, 4.69) is 41.3 Å². The van der Waals surface area contributed by atoms with Gasteiger partial charge in [-0.3, -0.25) is 33.8 Å². The van der Waals surface area contributed by atoms with Gasteiger partial charge in [0, 0.05) is 43.2 Å². The fourth-order valence-corrected chi connectivity index (χ4v) is 10.8. The van der Waals surface area contributed by atoms with Crippen LogP contribution in [0, 0.1) is 12.8 Å². The van der Waals surface area contributed by atoms with Gasteiger partial charge in [0.25, 0.3) is 0 Å². The summed E-state index contributed by atoms with van der Waals surface area (Å²) in [6.45, 7) is 1.46. The van der Waals surface area contributed by atoms with Crippen LogP contribution in [-0.4, -0.2) is 121 Å². The molecule has 7 rings (SSSR count). The van der Waals surface area contributed by atoms with E-state index < -0.39 is 88.3 Å². The van der Waals surface area contributed by atoms with E-state index >= 15 is 0 Å². The summed E-state index contributed by atoms with van der Waals surface area (Å²) >= 11 is 0. The number of hydrogen-bond acceptors (Lipinski definition) is 10. The highest BCUT2D eigenvalue weighted by atomic mass is 32.2. The Labute approximate surface area is 413 Å². The number of hydrogen-bond donors (Lipinski definition) is 10. The number of carbonyl (C=O) groups is 6. The van der Waals surface area contributed by atoms with Gasteiger partial charge in [-0.25, -0.2) is 8.42 Å². The predicted octanol–water partition coefficient (Wildman–Crippen LogP) is 1.40. The first-order valence-electron chi connectivity index (χ1n) is 24.3. The molecule has 0 bridgehead atoms. The lowest BCUT2D eigenvalue weighted by atomic mass is 9.84. The molecule has 1 aliphatic carbocycles. The largest absolute Gasteiger partial charge is 0.508 e. The lowest BCUT2D eigenvalue weighted by molar-refractivity contribution is -0.143. The number of nitrogens with two attached hydrogens (primary N) is 2. The molecule has 1 saturated carbocycles. The number of carbonyl (C=O) groups excluding carboxylic acids is 6. The molecule has 21 heteroatoms. The van der Waals surface area contributed by atoms with Crippen LogP contribution in [0.4, 0.5) is 0 Å². The van der Waals surface area contributed by atoms with Crippen molar-refractivity contribution < 1.29 is 42.3 Å². The van der Waals surface area contributed by atoms with Crippen LogP contribution in [0.2, 0.25) is 0 Å². The predicted molar refractivity (Wildman–Crippen MR) is 266 cm³/mol. The highest BCUT2D eigenvalue weighted by Crippen LogP contribution is 2.29. The first-order valence-corrected chi connectivity index (χ1v) is 25.8. The van der Waals surface area contributed by atoms with Crippen LogP contribution < -0.4 is 42.8 Å². The quantitative estimate of drug-likeness (QED) is 0.0461. The molecule has 3 heterocycles. The normalized spacial score (nSPS) is 22.4. The van der Waals surface area contributed by atoms with Crippen LogP contribution in [0.15, 0.2) is 88.9 Å². The lowest BCUT2D eigenvalue weighted by Crippen LogP contribution is -2.62. The molecular weight excluding hydrogens is 931 g/mol. The van der Waals surface area contributed by atoms with Crippen molar-refractivity contribution in [1.29, 1.82) is 0 Å². The molecule has 4 aromatic rings. The van der Waals surface area contributed by atoms with Gasteiger partial charge in [0.1, 0.15) is 42.0 Å². The van der Waals surface area contributed by atoms with Crippen molar-refractivity contribution in [3.8, 4) is 5.75 Å². The van der Waals surface area contributed by atoms with Crippen molar-refractivity contribution in [2.45, 2.75) is 125 Å². The van der Waals surface area contributed by atoms with Crippen molar-refractivity contribution in [3.63, 3.8) is 0 Å². The molecule has 6 atom stereocenters. The molecule has 2 aliphatic heterocycles. The number of aryl methyl sites for hydroxylation is 1. The average Bonchev–Trinajstić information content (AvgIpc) is 4.01. The number of H-pyrrole nitrogens is 1. The Hall–Kier alpha value is -7.00. The van der Waals surface area contributed by atoms with Gasteiger partial charge >= 0.3 is 0 Å². The summed E-state index contributed by atoms with van der Waals surface area (Å²) in [4.78, 5) is 95.9. The zero-order chi connectivity index (χ0) is 50.7. The summed E-state index contributed by atoms with van der Waals surface area (Å²) in [7, 11) is -4.34. The van der Waals surface area contributed by atoms with Gasteiger partial charge in [0.15, 0.2) is 5.96 Å². The number of amides is 6. The van der Waals surface area contributed by atoms with Crippen molar-refractivity contribution in [2.24, 2.45) is 22.4 Å².